The molecule has 3 aromatic heterocycles. The predicted octanol–water partition coefficient (Wildman–Crippen LogP) is 5.65. The first-order valence-corrected chi connectivity index (χ1v) is 12.4. The SMILES string of the molecule is CCNC(=NC)c1ccc2cc(-c3c(-c4cccs4)[nH]c4cc(C5=NCCN5)ccc34)oc2c1. The highest BCUT2D eigenvalue weighted by molar-refractivity contribution is 7.13. The van der Waals surface area contributed by atoms with E-state index in [0.717, 1.165) is 81.3 Å². The van der Waals surface area contributed by atoms with Crippen molar-refractivity contribution in [2.75, 3.05) is 26.7 Å². The van der Waals surface area contributed by atoms with E-state index in [9.17, 15) is 0 Å². The fourth-order valence-electron chi connectivity index (χ4n) is 4.58. The Labute approximate surface area is 201 Å². The Morgan fingerprint density at radius 2 is 2.12 bits per heavy atom. The van der Waals surface area contributed by atoms with Crippen molar-refractivity contribution in [1.29, 1.82) is 0 Å². The number of benzene rings is 2. The third kappa shape index (κ3) is 3.49. The maximum atomic E-state index is 6.47. The van der Waals surface area contributed by atoms with Crippen molar-refractivity contribution in [2.45, 2.75) is 6.92 Å². The smallest absolute Gasteiger partial charge is 0.138 e. The molecule has 0 atom stereocenters. The Morgan fingerprint density at radius 1 is 1.18 bits per heavy atom. The van der Waals surface area contributed by atoms with Crippen LogP contribution in [-0.2, 0) is 0 Å². The summed E-state index contributed by atoms with van der Waals surface area (Å²) in [5, 5.41) is 11.0. The molecule has 7 heteroatoms. The van der Waals surface area contributed by atoms with Gasteiger partial charge in [0.25, 0.3) is 0 Å². The van der Waals surface area contributed by atoms with Crippen LogP contribution in [0, 0.1) is 0 Å². The molecule has 0 unspecified atom stereocenters. The number of H-pyrrole nitrogens is 1. The van der Waals surface area contributed by atoms with E-state index >= 15 is 0 Å². The van der Waals surface area contributed by atoms with Crippen LogP contribution in [0.15, 0.2) is 74.4 Å². The molecule has 4 heterocycles. The molecule has 0 saturated carbocycles. The van der Waals surface area contributed by atoms with Gasteiger partial charge in [0.2, 0.25) is 0 Å². The van der Waals surface area contributed by atoms with E-state index < -0.39 is 0 Å². The predicted molar refractivity (Wildman–Crippen MR) is 142 cm³/mol. The molecule has 2 aromatic carbocycles. The van der Waals surface area contributed by atoms with Crippen LogP contribution in [-0.4, -0.2) is 43.3 Å². The zero-order chi connectivity index (χ0) is 23.1. The van der Waals surface area contributed by atoms with Crippen LogP contribution in [0.2, 0.25) is 0 Å². The summed E-state index contributed by atoms with van der Waals surface area (Å²) < 4.78 is 6.47. The van der Waals surface area contributed by atoms with Gasteiger partial charge >= 0.3 is 0 Å². The topological polar surface area (TPSA) is 77.7 Å². The van der Waals surface area contributed by atoms with E-state index in [4.69, 9.17) is 4.42 Å². The summed E-state index contributed by atoms with van der Waals surface area (Å²) in [5.74, 6) is 2.68. The summed E-state index contributed by atoms with van der Waals surface area (Å²) in [6.45, 7) is 4.60. The summed E-state index contributed by atoms with van der Waals surface area (Å²) in [5.41, 5.74) is 6.19. The Morgan fingerprint density at radius 3 is 2.88 bits per heavy atom. The normalized spacial score (nSPS) is 14.1. The molecular formula is C27H25N5OS. The number of rotatable bonds is 5. The van der Waals surface area contributed by atoms with Crippen molar-refractivity contribution >= 4 is 44.9 Å². The lowest BCUT2D eigenvalue weighted by molar-refractivity contribution is 0.632. The number of furan rings is 1. The van der Waals surface area contributed by atoms with Gasteiger partial charge in [0.1, 0.15) is 23.0 Å². The largest absolute Gasteiger partial charge is 0.456 e. The summed E-state index contributed by atoms with van der Waals surface area (Å²) in [4.78, 5) is 13.8. The highest BCUT2D eigenvalue weighted by Crippen LogP contribution is 2.42. The average molecular weight is 468 g/mol. The molecule has 3 N–H and O–H groups in total. The number of fused-ring (bicyclic) bond motifs is 2. The second kappa shape index (κ2) is 8.50. The number of nitrogens with one attached hydrogen (secondary N) is 3. The molecule has 34 heavy (non-hydrogen) atoms. The van der Waals surface area contributed by atoms with Crippen LogP contribution in [0.5, 0.6) is 0 Å². The average Bonchev–Trinajstić information content (AvgIpc) is 3.66. The molecule has 0 saturated heterocycles. The van der Waals surface area contributed by atoms with Crippen LogP contribution in [0.3, 0.4) is 0 Å². The van der Waals surface area contributed by atoms with Gasteiger partial charge in [0.15, 0.2) is 0 Å². The van der Waals surface area contributed by atoms with E-state index in [1.807, 2.05) is 0 Å². The highest BCUT2D eigenvalue weighted by Gasteiger charge is 2.21. The number of aromatic amines is 1. The van der Waals surface area contributed by atoms with E-state index in [1.165, 1.54) is 4.88 Å². The molecule has 6 rings (SSSR count). The highest BCUT2D eigenvalue weighted by atomic mass is 32.1. The maximum absolute atomic E-state index is 6.47. The Hall–Kier alpha value is -3.84. The number of thiophene rings is 1. The van der Waals surface area contributed by atoms with Crippen molar-refractivity contribution in [3.8, 4) is 21.9 Å². The van der Waals surface area contributed by atoms with Gasteiger partial charge in [-0.25, -0.2) is 0 Å². The minimum atomic E-state index is 0.817. The van der Waals surface area contributed by atoms with Gasteiger partial charge in [-0.2, -0.15) is 0 Å². The second-order valence-corrected chi connectivity index (χ2v) is 9.18. The molecule has 6 nitrogen and oxygen atoms in total. The number of hydrogen-bond acceptors (Lipinski definition) is 5. The van der Waals surface area contributed by atoms with E-state index in [1.54, 1.807) is 18.4 Å². The van der Waals surface area contributed by atoms with Gasteiger partial charge in [0.05, 0.1) is 22.7 Å². The van der Waals surface area contributed by atoms with Crippen molar-refractivity contribution < 1.29 is 4.42 Å². The van der Waals surface area contributed by atoms with Crippen LogP contribution < -0.4 is 10.6 Å². The molecule has 1 aliphatic rings. The van der Waals surface area contributed by atoms with Gasteiger partial charge in [-0.1, -0.05) is 30.3 Å². The van der Waals surface area contributed by atoms with Gasteiger partial charge < -0.3 is 20.0 Å². The van der Waals surface area contributed by atoms with Crippen LogP contribution in [0.25, 0.3) is 43.8 Å². The van der Waals surface area contributed by atoms with Gasteiger partial charge in [-0.3, -0.25) is 9.98 Å². The molecule has 0 fully saturated rings. The monoisotopic (exact) mass is 467 g/mol. The van der Waals surface area contributed by atoms with Crippen molar-refractivity contribution in [3.05, 3.63) is 71.1 Å². The first-order valence-electron chi connectivity index (χ1n) is 11.5. The zero-order valence-electron chi connectivity index (χ0n) is 19.1. The van der Waals surface area contributed by atoms with Crippen molar-refractivity contribution in [2.24, 2.45) is 9.98 Å². The number of aromatic nitrogens is 1. The first-order chi connectivity index (χ1) is 16.7. The minimum Gasteiger partial charge on any atom is -0.456 e. The first kappa shape index (κ1) is 20.7. The molecule has 0 bridgehead atoms. The fourth-order valence-corrected chi connectivity index (χ4v) is 5.31. The lowest BCUT2D eigenvalue weighted by atomic mass is 10.0. The van der Waals surface area contributed by atoms with Crippen molar-refractivity contribution in [1.82, 2.24) is 15.6 Å². The van der Waals surface area contributed by atoms with E-state index in [0.29, 0.717) is 0 Å². The third-order valence-corrected chi connectivity index (χ3v) is 7.01. The number of aliphatic imine (C=N–C) groups is 2. The van der Waals surface area contributed by atoms with Crippen LogP contribution in [0.4, 0.5) is 0 Å². The quantitative estimate of drug-likeness (QED) is 0.231. The summed E-state index contributed by atoms with van der Waals surface area (Å²) in [7, 11) is 1.80. The molecule has 0 amide bonds. The molecular weight excluding hydrogens is 442 g/mol. The second-order valence-electron chi connectivity index (χ2n) is 8.24. The van der Waals surface area contributed by atoms with E-state index in [-0.39, 0.29) is 0 Å². The zero-order valence-corrected chi connectivity index (χ0v) is 19.9. The van der Waals surface area contributed by atoms with Gasteiger partial charge in [-0.05, 0) is 36.6 Å². The summed E-state index contributed by atoms with van der Waals surface area (Å²) in [6, 6.07) is 19.1. The molecule has 0 radical (unpaired) electrons. The fraction of sp³-hybridized carbons (Fsp3) is 0.185. The molecule has 170 valence electrons. The van der Waals surface area contributed by atoms with Gasteiger partial charge in [-0.15, -0.1) is 11.3 Å². The summed E-state index contributed by atoms with van der Waals surface area (Å²) in [6.07, 6.45) is 0. The van der Waals surface area contributed by atoms with Crippen LogP contribution >= 0.6 is 11.3 Å². The number of hydrogen-bond donors (Lipinski definition) is 3. The Kier molecular flexibility index (Phi) is 5.19. The van der Waals surface area contributed by atoms with Crippen molar-refractivity contribution in [3.63, 3.8) is 0 Å². The number of amidine groups is 2. The molecule has 0 aliphatic carbocycles. The lowest BCUT2D eigenvalue weighted by Crippen LogP contribution is -2.23. The number of nitrogens with zero attached hydrogens (tertiary/aromatic N) is 2. The molecule has 5 aromatic rings. The minimum absolute atomic E-state index is 0.817. The third-order valence-electron chi connectivity index (χ3n) is 6.12. The molecule has 1 aliphatic heterocycles. The molecule has 0 spiro atoms. The Bertz CT molecular complexity index is 1560. The van der Waals surface area contributed by atoms with Crippen LogP contribution in [0.1, 0.15) is 18.1 Å². The van der Waals surface area contributed by atoms with E-state index in [2.05, 4.69) is 92.5 Å². The van der Waals surface area contributed by atoms with Gasteiger partial charge in [0, 0.05) is 47.6 Å². The lowest BCUT2D eigenvalue weighted by Gasteiger charge is -2.06. The summed E-state index contributed by atoms with van der Waals surface area (Å²) >= 11 is 1.72. The maximum Gasteiger partial charge on any atom is 0.138 e. The Balaban J connectivity index is 1.52. The standard InChI is InChI=1S/C27H25N5OS/c1-3-29-26(28-2)18-7-6-16-14-22(33-21(16)15-18)24-19-9-8-17(27-30-10-11-31-27)13-20(19)32-25(24)23-5-4-12-34-23/h4-9,12-15,32H,3,10-11H2,1-2H3,(H,28,29)(H,30,31).